The molecule has 0 radical (unpaired) electrons. The van der Waals surface area contributed by atoms with Crippen LogP contribution in [0.25, 0.3) is 0 Å². The van der Waals surface area contributed by atoms with Crippen molar-refractivity contribution in [3.63, 3.8) is 0 Å². The van der Waals surface area contributed by atoms with Crippen molar-refractivity contribution in [2.45, 2.75) is 71.4 Å². The van der Waals surface area contributed by atoms with Crippen LogP contribution in [-0.2, 0) is 20.7 Å². The fraction of sp³-hybridized carbons (Fsp3) is 0.481. The summed E-state index contributed by atoms with van der Waals surface area (Å²) in [5, 5.41) is 5.35. The van der Waals surface area contributed by atoms with Crippen LogP contribution in [0, 0.1) is 24.5 Å². The highest BCUT2D eigenvalue weighted by atomic mass is 19.1. The summed E-state index contributed by atoms with van der Waals surface area (Å²) in [7, 11) is 0. The molecule has 0 aliphatic heterocycles. The van der Waals surface area contributed by atoms with Gasteiger partial charge in [0.15, 0.2) is 17.3 Å². The van der Waals surface area contributed by atoms with Gasteiger partial charge in [0.1, 0.15) is 23.8 Å². The number of hydrogen-bond donors (Lipinski definition) is 2. The number of ether oxygens (including phenoxy) is 2. The lowest BCUT2D eigenvalue weighted by atomic mass is 10.0. The summed E-state index contributed by atoms with van der Waals surface area (Å²) in [4.78, 5) is 42.2. The molecule has 0 saturated heterocycles. The molecular formula is C27H33F2N3O5. The summed E-state index contributed by atoms with van der Waals surface area (Å²) in [6.45, 7) is 6.00. The second-order valence-corrected chi connectivity index (χ2v) is 10.2. The SMILES string of the molecule is Cc1c(F)ccc(F)c1OCC(=O)C(Cc1ccnc(NC(=O)OC(C)(C)C)c1)NC(=O)C1CCCC1. The maximum atomic E-state index is 14.2. The van der Waals surface area contributed by atoms with Crippen LogP contribution in [0.1, 0.15) is 57.6 Å². The van der Waals surface area contributed by atoms with Crippen LogP contribution in [-0.4, -0.2) is 41.0 Å². The monoisotopic (exact) mass is 517 g/mol. The molecule has 1 aromatic carbocycles. The Morgan fingerprint density at radius 3 is 2.46 bits per heavy atom. The van der Waals surface area contributed by atoms with E-state index in [0.29, 0.717) is 5.56 Å². The number of aromatic nitrogens is 1. The van der Waals surface area contributed by atoms with Crippen molar-refractivity contribution >= 4 is 23.6 Å². The standard InChI is InChI=1S/C27H33F2N3O5/c1-16-19(28)9-10-20(29)24(16)36-15-22(33)21(31-25(34)18-7-5-6-8-18)13-17-11-12-30-23(14-17)32-26(35)37-27(2,3)4/h9-12,14,18,21H,5-8,13,15H2,1-4H3,(H,31,34)(H,30,32,35). The van der Waals surface area contributed by atoms with Crippen LogP contribution in [0.3, 0.4) is 0 Å². The second-order valence-electron chi connectivity index (χ2n) is 10.2. The second kappa shape index (κ2) is 12.1. The number of Topliss-reactive ketones (excluding diaryl/α,β-unsaturated/α-hetero) is 1. The van der Waals surface area contributed by atoms with Gasteiger partial charge in [0.05, 0.1) is 6.04 Å². The summed E-state index contributed by atoms with van der Waals surface area (Å²) in [6.07, 6.45) is 4.25. The third-order valence-electron chi connectivity index (χ3n) is 5.97. The number of rotatable bonds is 9. The molecule has 200 valence electrons. The van der Waals surface area contributed by atoms with Crippen molar-refractivity contribution in [2.75, 3.05) is 11.9 Å². The van der Waals surface area contributed by atoms with Crippen molar-refractivity contribution in [1.82, 2.24) is 10.3 Å². The minimum Gasteiger partial charge on any atom is -0.482 e. The van der Waals surface area contributed by atoms with Crippen molar-refractivity contribution < 1.29 is 32.6 Å². The molecule has 1 heterocycles. The predicted molar refractivity (Wildman–Crippen MR) is 133 cm³/mol. The molecule has 1 fully saturated rings. The summed E-state index contributed by atoms with van der Waals surface area (Å²) < 4.78 is 38.6. The lowest BCUT2D eigenvalue weighted by Crippen LogP contribution is -2.46. The molecular weight excluding hydrogens is 484 g/mol. The Morgan fingerprint density at radius 1 is 1.11 bits per heavy atom. The lowest BCUT2D eigenvalue weighted by molar-refractivity contribution is -0.131. The number of amides is 2. The maximum absolute atomic E-state index is 14.2. The first kappa shape index (κ1) is 28.0. The van der Waals surface area contributed by atoms with Crippen LogP contribution < -0.4 is 15.4 Å². The molecule has 1 atom stereocenters. The van der Waals surface area contributed by atoms with Gasteiger partial charge in [0.2, 0.25) is 5.91 Å². The third-order valence-corrected chi connectivity index (χ3v) is 5.97. The highest BCUT2D eigenvalue weighted by Crippen LogP contribution is 2.26. The molecule has 1 unspecified atom stereocenters. The number of benzene rings is 1. The van der Waals surface area contributed by atoms with Gasteiger partial charge in [-0.2, -0.15) is 0 Å². The van der Waals surface area contributed by atoms with Crippen LogP contribution in [0.2, 0.25) is 0 Å². The summed E-state index contributed by atoms with van der Waals surface area (Å²) >= 11 is 0. The molecule has 0 spiro atoms. The van der Waals surface area contributed by atoms with Gasteiger partial charge < -0.3 is 14.8 Å². The minimum absolute atomic E-state index is 0.0497. The largest absolute Gasteiger partial charge is 0.482 e. The van der Waals surface area contributed by atoms with E-state index in [9.17, 15) is 23.2 Å². The molecule has 2 amide bonds. The van der Waals surface area contributed by atoms with Gasteiger partial charge in [-0.3, -0.25) is 14.9 Å². The van der Waals surface area contributed by atoms with E-state index in [1.54, 1.807) is 32.9 Å². The number of carbonyl (C=O) groups is 3. The fourth-order valence-electron chi connectivity index (χ4n) is 4.09. The third kappa shape index (κ3) is 8.23. The Labute approximate surface area is 215 Å². The van der Waals surface area contributed by atoms with E-state index < -0.39 is 41.8 Å². The van der Waals surface area contributed by atoms with Crippen LogP contribution >= 0.6 is 0 Å². The average molecular weight is 518 g/mol. The van der Waals surface area contributed by atoms with Crippen molar-refractivity contribution in [2.24, 2.45) is 5.92 Å². The first-order valence-corrected chi connectivity index (χ1v) is 12.3. The molecule has 1 aliphatic rings. The smallest absolute Gasteiger partial charge is 0.413 e. The summed E-state index contributed by atoms with van der Waals surface area (Å²) in [6, 6.07) is 4.15. The first-order chi connectivity index (χ1) is 17.4. The number of carbonyl (C=O) groups excluding carboxylic acids is 3. The predicted octanol–water partition coefficient (Wildman–Crippen LogP) is 4.88. The Bertz CT molecular complexity index is 1140. The van der Waals surface area contributed by atoms with Gasteiger partial charge >= 0.3 is 6.09 Å². The van der Waals surface area contributed by atoms with Crippen molar-refractivity contribution in [3.05, 3.63) is 53.2 Å². The van der Waals surface area contributed by atoms with Crippen molar-refractivity contribution in [1.29, 1.82) is 0 Å². The zero-order chi connectivity index (χ0) is 27.2. The first-order valence-electron chi connectivity index (χ1n) is 12.3. The van der Waals surface area contributed by atoms with Crippen molar-refractivity contribution in [3.8, 4) is 5.75 Å². The summed E-state index contributed by atoms with van der Waals surface area (Å²) in [5.74, 6) is -2.49. The van der Waals surface area contributed by atoms with Crippen LogP contribution in [0.15, 0.2) is 30.5 Å². The van der Waals surface area contributed by atoms with Crippen LogP contribution in [0.5, 0.6) is 5.75 Å². The number of ketones is 1. The topological polar surface area (TPSA) is 107 Å². The molecule has 1 aliphatic carbocycles. The number of anilines is 1. The van der Waals surface area contributed by atoms with E-state index in [-0.39, 0.29) is 35.4 Å². The quantitative estimate of drug-likeness (QED) is 0.491. The van der Waals surface area contributed by atoms with Gasteiger partial charge in [-0.05, 0) is 70.4 Å². The molecule has 2 N–H and O–H groups in total. The Kier molecular flexibility index (Phi) is 9.18. The highest BCUT2D eigenvalue weighted by Gasteiger charge is 2.28. The fourth-order valence-corrected chi connectivity index (χ4v) is 4.09. The zero-order valence-corrected chi connectivity index (χ0v) is 21.5. The van der Waals surface area contributed by atoms with Gasteiger partial charge in [0.25, 0.3) is 0 Å². The molecule has 3 rings (SSSR count). The number of halogens is 2. The minimum atomic E-state index is -0.984. The van der Waals surface area contributed by atoms with E-state index in [4.69, 9.17) is 9.47 Å². The Balaban J connectivity index is 1.74. The van der Waals surface area contributed by atoms with E-state index in [2.05, 4.69) is 15.6 Å². The Hall–Kier alpha value is -3.56. The van der Waals surface area contributed by atoms with E-state index in [0.717, 1.165) is 37.8 Å². The maximum Gasteiger partial charge on any atom is 0.413 e. The molecule has 37 heavy (non-hydrogen) atoms. The molecule has 8 nitrogen and oxygen atoms in total. The lowest BCUT2D eigenvalue weighted by Gasteiger charge is -2.21. The van der Waals surface area contributed by atoms with Gasteiger partial charge in [-0.25, -0.2) is 18.6 Å². The van der Waals surface area contributed by atoms with E-state index in [1.807, 2.05) is 0 Å². The molecule has 10 heteroatoms. The number of nitrogens with zero attached hydrogens (tertiary/aromatic N) is 1. The number of pyridine rings is 1. The molecule has 1 saturated carbocycles. The van der Waals surface area contributed by atoms with Crippen LogP contribution in [0.4, 0.5) is 19.4 Å². The van der Waals surface area contributed by atoms with E-state index in [1.165, 1.54) is 13.1 Å². The van der Waals surface area contributed by atoms with E-state index >= 15 is 0 Å². The number of nitrogens with one attached hydrogen (secondary N) is 2. The highest BCUT2D eigenvalue weighted by molar-refractivity contribution is 5.91. The zero-order valence-electron chi connectivity index (χ0n) is 21.5. The van der Waals surface area contributed by atoms with Gasteiger partial charge in [0, 0.05) is 24.1 Å². The number of hydrogen-bond acceptors (Lipinski definition) is 6. The summed E-state index contributed by atoms with van der Waals surface area (Å²) in [5.41, 5.74) is -0.131. The molecule has 2 aromatic rings. The molecule has 0 bridgehead atoms. The van der Waals surface area contributed by atoms with Gasteiger partial charge in [-0.15, -0.1) is 0 Å². The average Bonchev–Trinajstić information content (AvgIpc) is 3.35. The normalized spacial score (nSPS) is 14.6. The molecule has 1 aromatic heterocycles. The van der Waals surface area contributed by atoms with Gasteiger partial charge in [-0.1, -0.05) is 12.8 Å². The Morgan fingerprint density at radius 2 is 1.78 bits per heavy atom.